The zero-order valence-corrected chi connectivity index (χ0v) is 15.4. The van der Waals surface area contributed by atoms with E-state index < -0.39 is 0 Å². The van der Waals surface area contributed by atoms with Crippen LogP contribution in [0.25, 0.3) is 0 Å². The summed E-state index contributed by atoms with van der Waals surface area (Å²) in [4.78, 5) is 4.58. The molecule has 0 aliphatic carbocycles. The number of benzene rings is 3. The lowest BCUT2D eigenvalue weighted by Gasteiger charge is -2.09. The Morgan fingerprint density at radius 1 is 0.920 bits per heavy atom. The highest BCUT2D eigenvalue weighted by Gasteiger charge is 2.04. The molecule has 0 aliphatic rings. The second-order valence-corrected chi connectivity index (χ2v) is 6.30. The fourth-order valence-corrected chi connectivity index (χ4v) is 2.69. The Balaban J connectivity index is 1.79. The van der Waals surface area contributed by atoms with E-state index >= 15 is 0 Å². The van der Waals surface area contributed by atoms with Crippen molar-refractivity contribution in [1.29, 1.82) is 0 Å². The Labute approximate surface area is 156 Å². The van der Waals surface area contributed by atoms with Gasteiger partial charge in [-0.05, 0) is 35.9 Å². The first-order valence-corrected chi connectivity index (χ1v) is 8.69. The van der Waals surface area contributed by atoms with Gasteiger partial charge in [0.2, 0.25) is 0 Å². The molecule has 0 amide bonds. The van der Waals surface area contributed by atoms with E-state index in [9.17, 15) is 0 Å². The van der Waals surface area contributed by atoms with Crippen LogP contribution in [0.2, 0.25) is 0 Å². The summed E-state index contributed by atoms with van der Waals surface area (Å²) in [5.41, 5.74) is 2.81. The van der Waals surface area contributed by atoms with Gasteiger partial charge in [0.15, 0.2) is 0 Å². The zero-order chi connectivity index (χ0) is 17.5. The summed E-state index contributed by atoms with van der Waals surface area (Å²) >= 11 is 3.44. The molecule has 3 aromatic rings. The lowest BCUT2D eigenvalue weighted by atomic mass is 10.2. The van der Waals surface area contributed by atoms with E-state index in [1.165, 1.54) is 0 Å². The van der Waals surface area contributed by atoms with Gasteiger partial charge in [0.25, 0.3) is 0 Å². The maximum absolute atomic E-state index is 5.93. The van der Waals surface area contributed by atoms with Crippen LogP contribution >= 0.6 is 15.9 Å². The smallest absolute Gasteiger partial charge is 0.145 e. The van der Waals surface area contributed by atoms with Crippen LogP contribution in [0.4, 0.5) is 5.69 Å². The van der Waals surface area contributed by atoms with Gasteiger partial charge >= 0.3 is 0 Å². The summed E-state index contributed by atoms with van der Waals surface area (Å²) in [5.74, 6) is 1.51. The van der Waals surface area contributed by atoms with Gasteiger partial charge in [0.05, 0.1) is 7.11 Å². The summed E-state index contributed by atoms with van der Waals surface area (Å²) in [7, 11) is 1.65. The molecule has 0 fully saturated rings. The first-order valence-electron chi connectivity index (χ1n) is 7.89. The Bertz CT molecular complexity index is 863. The van der Waals surface area contributed by atoms with E-state index in [-0.39, 0.29) is 0 Å². The lowest BCUT2D eigenvalue weighted by Crippen LogP contribution is -1.95. The fraction of sp³-hybridized carbons (Fsp3) is 0.0952. The number of rotatable bonds is 6. The Morgan fingerprint density at radius 2 is 1.68 bits per heavy atom. The van der Waals surface area contributed by atoms with Crippen molar-refractivity contribution in [1.82, 2.24) is 0 Å². The number of nitrogens with zero attached hydrogens (tertiary/aromatic N) is 1. The molecular weight excluding hydrogens is 378 g/mol. The van der Waals surface area contributed by atoms with E-state index in [2.05, 4.69) is 20.9 Å². The van der Waals surface area contributed by atoms with E-state index in [0.717, 1.165) is 32.8 Å². The van der Waals surface area contributed by atoms with E-state index in [4.69, 9.17) is 9.47 Å². The highest BCUT2D eigenvalue weighted by atomic mass is 79.9. The van der Waals surface area contributed by atoms with Crippen molar-refractivity contribution in [2.45, 2.75) is 6.61 Å². The molecule has 0 bridgehead atoms. The standard InChI is InChI=1S/C21H18BrNO2/c1-24-21-13-18(22)12-11-17(21)14-23-19-9-5-6-10-20(19)25-15-16-7-3-2-4-8-16/h2-14H,15H2,1H3. The van der Waals surface area contributed by atoms with Gasteiger partial charge in [-0.2, -0.15) is 0 Å². The molecule has 3 nitrogen and oxygen atoms in total. The summed E-state index contributed by atoms with van der Waals surface area (Å²) < 4.78 is 12.3. The number of ether oxygens (including phenoxy) is 2. The lowest BCUT2D eigenvalue weighted by molar-refractivity contribution is 0.307. The van der Waals surface area contributed by atoms with Gasteiger partial charge in [0, 0.05) is 16.3 Å². The molecule has 0 aromatic heterocycles. The molecule has 3 rings (SSSR count). The second kappa shape index (κ2) is 8.49. The molecule has 0 N–H and O–H groups in total. The third-order valence-corrected chi connectivity index (χ3v) is 4.13. The maximum atomic E-state index is 5.93. The van der Waals surface area contributed by atoms with Gasteiger partial charge in [-0.3, -0.25) is 4.99 Å². The van der Waals surface area contributed by atoms with Crippen molar-refractivity contribution >= 4 is 27.8 Å². The Morgan fingerprint density at radius 3 is 2.48 bits per heavy atom. The van der Waals surface area contributed by atoms with Gasteiger partial charge in [-0.15, -0.1) is 0 Å². The van der Waals surface area contributed by atoms with Gasteiger partial charge < -0.3 is 9.47 Å². The third-order valence-electron chi connectivity index (χ3n) is 3.64. The number of hydrogen-bond acceptors (Lipinski definition) is 3. The SMILES string of the molecule is COc1cc(Br)ccc1C=Nc1ccccc1OCc1ccccc1. The Hall–Kier alpha value is -2.59. The monoisotopic (exact) mass is 395 g/mol. The van der Waals surface area contributed by atoms with Crippen molar-refractivity contribution in [2.24, 2.45) is 4.99 Å². The van der Waals surface area contributed by atoms with Crippen LogP contribution in [-0.2, 0) is 6.61 Å². The second-order valence-electron chi connectivity index (χ2n) is 5.39. The van der Waals surface area contributed by atoms with E-state index in [1.54, 1.807) is 13.3 Å². The highest BCUT2D eigenvalue weighted by molar-refractivity contribution is 9.10. The normalized spacial score (nSPS) is 10.8. The van der Waals surface area contributed by atoms with E-state index in [1.807, 2.05) is 72.8 Å². The van der Waals surface area contributed by atoms with Crippen LogP contribution in [-0.4, -0.2) is 13.3 Å². The molecule has 0 spiro atoms. The van der Waals surface area contributed by atoms with Crippen molar-refractivity contribution in [3.8, 4) is 11.5 Å². The topological polar surface area (TPSA) is 30.8 Å². The molecule has 126 valence electrons. The predicted octanol–water partition coefficient (Wildman–Crippen LogP) is 5.79. The van der Waals surface area contributed by atoms with Crippen molar-refractivity contribution < 1.29 is 9.47 Å². The number of aliphatic imine (C=N–C) groups is 1. The molecule has 0 radical (unpaired) electrons. The molecule has 0 heterocycles. The predicted molar refractivity (Wildman–Crippen MR) is 105 cm³/mol. The van der Waals surface area contributed by atoms with Gasteiger partial charge in [-0.1, -0.05) is 58.4 Å². The molecular formula is C21H18BrNO2. The van der Waals surface area contributed by atoms with Crippen LogP contribution in [0, 0.1) is 0 Å². The zero-order valence-electron chi connectivity index (χ0n) is 13.9. The maximum Gasteiger partial charge on any atom is 0.145 e. The summed E-state index contributed by atoms with van der Waals surface area (Å²) in [5, 5.41) is 0. The minimum atomic E-state index is 0.509. The molecule has 3 aromatic carbocycles. The van der Waals surface area contributed by atoms with E-state index in [0.29, 0.717) is 6.61 Å². The summed E-state index contributed by atoms with van der Waals surface area (Å²) in [6.07, 6.45) is 1.79. The van der Waals surface area contributed by atoms with Crippen molar-refractivity contribution in [2.75, 3.05) is 7.11 Å². The minimum absolute atomic E-state index is 0.509. The largest absolute Gasteiger partial charge is 0.496 e. The minimum Gasteiger partial charge on any atom is -0.496 e. The third kappa shape index (κ3) is 4.70. The number of methoxy groups -OCH3 is 1. The van der Waals surface area contributed by atoms with Gasteiger partial charge in [-0.25, -0.2) is 0 Å². The van der Waals surface area contributed by atoms with Crippen molar-refractivity contribution in [3.63, 3.8) is 0 Å². The molecule has 0 unspecified atom stereocenters. The fourth-order valence-electron chi connectivity index (χ4n) is 2.35. The first-order chi connectivity index (χ1) is 12.3. The highest BCUT2D eigenvalue weighted by Crippen LogP contribution is 2.29. The number of para-hydroxylation sites is 2. The molecule has 0 atom stereocenters. The summed E-state index contributed by atoms with van der Waals surface area (Å²) in [6.45, 7) is 0.509. The first kappa shape index (κ1) is 17.2. The molecule has 25 heavy (non-hydrogen) atoms. The number of halogens is 1. The summed E-state index contributed by atoms with van der Waals surface area (Å²) in [6, 6.07) is 23.7. The molecule has 0 saturated carbocycles. The quantitative estimate of drug-likeness (QED) is 0.494. The Kier molecular flexibility index (Phi) is 5.86. The number of hydrogen-bond donors (Lipinski definition) is 0. The van der Waals surface area contributed by atoms with Crippen LogP contribution in [0.15, 0.2) is 82.3 Å². The van der Waals surface area contributed by atoms with Crippen LogP contribution in [0.5, 0.6) is 11.5 Å². The average molecular weight is 396 g/mol. The average Bonchev–Trinajstić information content (AvgIpc) is 2.66. The molecule has 4 heteroatoms. The van der Waals surface area contributed by atoms with Crippen LogP contribution in [0.3, 0.4) is 0 Å². The molecule has 0 saturated heterocycles. The molecule has 0 aliphatic heterocycles. The van der Waals surface area contributed by atoms with Crippen LogP contribution < -0.4 is 9.47 Å². The van der Waals surface area contributed by atoms with Crippen LogP contribution in [0.1, 0.15) is 11.1 Å². The van der Waals surface area contributed by atoms with Crippen molar-refractivity contribution in [3.05, 3.63) is 88.4 Å². The van der Waals surface area contributed by atoms with Gasteiger partial charge in [0.1, 0.15) is 23.8 Å².